The van der Waals surface area contributed by atoms with Crippen molar-refractivity contribution in [2.45, 2.75) is 24.6 Å². The van der Waals surface area contributed by atoms with E-state index in [1.54, 1.807) is 12.1 Å². The summed E-state index contributed by atoms with van der Waals surface area (Å²) in [6.45, 7) is 0. The first kappa shape index (κ1) is 17.1. The van der Waals surface area contributed by atoms with Crippen LogP contribution in [0.5, 0.6) is 0 Å². The van der Waals surface area contributed by atoms with Crippen LogP contribution >= 0.6 is 23.2 Å². The van der Waals surface area contributed by atoms with Crippen molar-refractivity contribution in [1.82, 2.24) is 20.2 Å². The van der Waals surface area contributed by atoms with Crippen LogP contribution in [-0.2, 0) is 20.4 Å². The molecular weight excluding hydrogens is 377 g/mol. The van der Waals surface area contributed by atoms with Crippen molar-refractivity contribution in [1.29, 1.82) is 0 Å². The van der Waals surface area contributed by atoms with Gasteiger partial charge in [0.25, 0.3) is 0 Å². The molecule has 1 aromatic heterocycles. The average molecular weight is 390 g/mol. The van der Waals surface area contributed by atoms with E-state index in [-0.39, 0.29) is 27.6 Å². The molecule has 0 aliphatic heterocycles. The smallest absolute Gasteiger partial charge is 0.239 e. The van der Waals surface area contributed by atoms with Gasteiger partial charge in [0.1, 0.15) is 11.5 Å². The molecule has 1 saturated carbocycles. The minimum Gasteiger partial charge on any atom is -0.324 e. The Bertz CT molecular complexity index is 879. The molecule has 0 unspecified atom stereocenters. The van der Waals surface area contributed by atoms with Crippen LogP contribution in [0.25, 0.3) is 0 Å². The van der Waals surface area contributed by atoms with Gasteiger partial charge < -0.3 is 5.32 Å². The van der Waals surface area contributed by atoms with Crippen molar-refractivity contribution in [2.75, 3.05) is 11.1 Å². The Kier molecular flexibility index (Phi) is 4.75. The van der Waals surface area contributed by atoms with E-state index in [9.17, 15) is 13.2 Å². The van der Waals surface area contributed by atoms with Gasteiger partial charge in [-0.25, -0.2) is 13.1 Å². The molecule has 0 saturated heterocycles. The molecule has 0 radical (unpaired) electrons. The lowest BCUT2D eigenvalue weighted by Gasteiger charge is -2.08. The van der Waals surface area contributed by atoms with Crippen molar-refractivity contribution >= 4 is 44.6 Å². The van der Waals surface area contributed by atoms with Crippen molar-refractivity contribution in [3.05, 3.63) is 34.1 Å². The van der Waals surface area contributed by atoms with E-state index in [2.05, 4.69) is 20.8 Å². The zero-order chi connectivity index (χ0) is 17.3. The first-order chi connectivity index (χ1) is 11.4. The molecule has 1 amide bonds. The summed E-state index contributed by atoms with van der Waals surface area (Å²) in [4.78, 5) is 12.0. The lowest BCUT2D eigenvalue weighted by molar-refractivity contribution is -0.113. The lowest BCUT2D eigenvalue weighted by atomic mass is 10.3. The largest absolute Gasteiger partial charge is 0.324 e. The van der Waals surface area contributed by atoms with Gasteiger partial charge in [-0.1, -0.05) is 29.3 Å². The van der Waals surface area contributed by atoms with Crippen molar-refractivity contribution in [2.24, 2.45) is 0 Å². The number of sulfone groups is 1. The summed E-state index contributed by atoms with van der Waals surface area (Å²) in [7, 11) is -3.73. The van der Waals surface area contributed by atoms with E-state index in [0.29, 0.717) is 0 Å². The molecule has 0 spiro atoms. The molecule has 0 atom stereocenters. The fourth-order valence-electron chi connectivity index (χ4n) is 2.14. The number of benzene rings is 1. The highest BCUT2D eigenvalue weighted by molar-refractivity contribution is 7.91. The third-order valence-electron chi connectivity index (χ3n) is 3.38. The fourth-order valence-corrected chi connectivity index (χ4v) is 3.65. The quantitative estimate of drug-likeness (QED) is 0.807. The van der Waals surface area contributed by atoms with E-state index in [4.69, 9.17) is 23.2 Å². The molecule has 11 heteroatoms. The summed E-state index contributed by atoms with van der Waals surface area (Å²) < 4.78 is 25.9. The third kappa shape index (κ3) is 4.03. The molecule has 24 heavy (non-hydrogen) atoms. The number of carbonyl (C=O) groups is 1. The van der Waals surface area contributed by atoms with Gasteiger partial charge >= 0.3 is 0 Å². The summed E-state index contributed by atoms with van der Waals surface area (Å²) >= 11 is 11.8. The summed E-state index contributed by atoms with van der Waals surface area (Å²) in [5.74, 6) is -1.56. The molecule has 8 nitrogen and oxygen atoms in total. The minimum atomic E-state index is -3.73. The van der Waals surface area contributed by atoms with E-state index < -0.39 is 27.3 Å². The average Bonchev–Trinajstić information content (AvgIpc) is 3.24. The van der Waals surface area contributed by atoms with E-state index in [0.717, 1.165) is 12.8 Å². The highest BCUT2D eigenvalue weighted by Crippen LogP contribution is 2.34. The Balaban J connectivity index is 1.66. The molecule has 1 heterocycles. The molecule has 2 aromatic rings. The predicted molar refractivity (Wildman–Crippen MR) is 88.7 cm³/mol. The first-order valence-electron chi connectivity index (χ1n) is 7.07. The van der Waals surface area contributed by atoms with Gasteiger partial charge in [0.15, 0.2) is 15.7 Å². The standard InChI is InChI=1S/C13H13Cl2N5O3S/c14-9-2-1-3-10(13(9)15)16-12(21)7-24(22,23)6-11-17-18-19-20(11)8-4-5-8/h1-3,8H,4-7H2,(H,16,21). The topological polar surface area (TPSA) is 107 Å². The van der Waals surface area contributed by atoms with Crippen LogP contribution in [0.4, 0.5) is 5.69 Å². The van der Waals surface area contributed by atoms with Crippen molar-refractivity contribution in [3.63, 3.8) is 0 Å². The number of aromatic nitrogens is 4. The Morgan fingerprint density at radius 3 is 2.79 bits per heavy atom. The van der Waals surface area contributed by atoms with E-state index in [1.807, 2.05) is 0 Å². The van der Waals surface area contributed by atoms with Crippen LogP contribution in [0.3, 0.4) is 0 Å². The number of rotatable bonds is 6. The van der Waals surface area contributed by atoms with Gasteiger partial charge in [-0.15, -0.1) is 5.10 Å². The number of nitrogens with one attached hydrogen (secondary N) is 1. The van der Waals surface area contributed by atoms with Crippen LogP contribution in [0, 0.1) is 0 Å². The first-order valence-corrected chi connectivity index (χ1v) is 9.64. The number of nitrogens with zero attached hydrogens (tertiary/aromatic N) is 4. The number of carbonyl (C=O) groups excluding carboxylic acids is 1. The molecule has 1 aliphatic rings. The highest BCUT2D eigenvalue weighted by Gasteiger charge is 2.30. The summed E-state index contributed by atoms with van der Waals surface area (Å²) in [5, 5.41) is 13.9. The van der Waals surface area contributed by atoms with Gasteiger partial charge in [0, 0.05) is 0 Å². The maximum atomic E-state index is 12.2. The van der Waals surface area contributed by atoms with Gasteiger partial charge in [0.2, 0.25) is 5.91 Å². The number of hydrogen-bond donors (Lipinski definition) is 1. The molecule has 3 rings (SSSR count). The number of halogens is 2. The number of hydrogen-bond acceptors (Lipinski definition) is 6. The maximum absolute atomic E-state index is 12.2. The van der Waals surface area contributed by atoms with Crippen molar-refractivity contribution in [3.8, 4) is 0 Å². The molecule has 0 bridgehead atoms. The van der Waals surface area contributed by atoms with Crippen LogP contribution in [0.2, 0.25) is 10.0 Å². The Hall–Kier alpha value is -1.71. The molecule has 128 valence electrons. The monoisotopic (exact) mass is 389 g/mol. The zero-order valence-electron chi connectivity index (χ0n) is 12.3. The second kappa shape index (κ2) is 6.66. The van der Waals surface area contributed by atoms with Crippen LogP contribution in [0.1, 0.15) is 24.7 Å². The van der Waals surface area contributed by atoms with Crippen molar-refractivity contribution < 1.29 is 13.2 Å². The lowest BCUT2D eigenvalue weighted by Crippen LogP contribution is -2.25. The second-order valence-corrected chi connectivity index (χ2v) is 8.30. The van der Waals surface area contributed by atoms with Crippen LogP contribution in [0.15, 0.2) is 18.2 Å². The third-order valence-corrected chi connectivity index (χ3v) is 5.60. The number of amides is 1. The molecule has 1 N–H and O–H groups in total. The van der Waals surface area contributed by atoms with E-state index in [1.165, 1.54) is 10.7 Å². The summed E-state index contributed by atoms with van der Waals surface area (Å²) in [6.07, 6.45) is 1.84. The number of anilines is 1. The SMILES string of the molecule is O=C(CS(=O)(=O)Cc1nnnn1C1CC1)Nc1cccc(Cl)c1Cl. The molecule has 1 aromatic carbocycles. The Morgan fingerprint density at radius 2 is 2.08 bits per heavy atom. The second-order valence-electron chi connectivity index (χ2n) is 5.45. The van der Waals surface area contributed by atoms with E-state index >= 15 is 0 Å². The molecule has 1 fully saturated rings. The van der Waals surface area contributed by atoms with Gasteiger partial charge in [-0.3, -0.25) is 4.79 Å². The predicted octanol–water partition coefficient (Wildman–Crippen LogP) is 1.87. The Morgan fingerprint density at radius 1 is 1.33 bits per heavy atom. The summed E-state index contributed by atoms with van der Waals surface area (Å²) in [6, 6.07) is 4.85. The molecular formula is C13H13Cl2N5O3S. The number of tetrazole rings is 1. The maximum Gasteiger partial charge on any atom is 0.239 e. The van der Waals surface area contributed by atoms with Crippen LogP contribution in [-0.4, -0.2) is 40.3 Å². The van der Waals surface area contributed by atoms with Crippen LogP contribution < -0.4 is 5.32 Å². The Labute approximate surface area is 148 Å². The normalized spacial score (nSPS) is 14.6. The highest BCUT2D eigenvalue weighted by atomic mass is 35.5. The minimum absolute atomic E-state index is 0.155. The molecule has 1 aliphatic carbocycles. The van der Waals surface area contributed by atoms with Gasteiger partial charge in [-0.2, -0.15) is 0 Å². The van der Waals surface area contributed by atoms with Gasteiger partial charge in [-0.05, 0) is 35.4 Å². The fraction of sp³-hybridized carbons (Fsp3) is 0.385. The summed E-state index contributed by atoms with van der Waals surface area (Å²) in [5.41, 5.74) is 0.257. The zero-order valence-corrected chi connectivity index (χ0v) is 14.6. The van der Waals surface area contributed by atoms with Gasteiger partial charge in [0.05, 0.1) is 21.8 Å².